The number of methoxy groups -OCH3 is 1. The number of benzene rings is 1. The van der Waals surface area contributed by atoms with Crippen molar-refractivity contribution in [2.75, 3.05) is 14.2 Å². The first-order valence-electron chi connectivity index (χ1n) is 7.14. The van der Waals surface area contributed by atoms with Crippen LogP contribution in [0.25, 0.3) is 0 Å². The topological polar surface area (TPSA) is 45.8 Å². The minimum absolute atomic E-state index is 0.0551. The molecule has 0 bridgehead atoms. The molecule has 2 aromatic rings. The van der Waals surface area contributed by atoms with Crippen molar-refractivity contribution >= 4 is 0 Å². The van der Waals surface area contributed by atoms with Crippen molar-refractivity contribution in [3.8, 4) is 5.75 Å². The molecule has 1 N–H and O–H groups in total. The molecule has 1 heterocycles. The monoisotopic (exact) mass is 289 g/mol. The van der Waals surface area contributed by atoms with E-state index in [1.54, 1.807) is 7.11 Å². The zero-order valence-corrected chi connectivity index (χ0v) is 12.9. The average molecular weight is 289 g/mol. The zero-order chi connectivity index (χ0) is 15.2. The summed E-state index contributed by atoms with van der Waals surface area (Å²) in [7, 11) is 3.77. The van der Waals surface area contributed by atoms with Gasteiger partial charge in [-0.2, -0.15) is 0 Å². The lowest BCUT2D eigenvalue weighted by atomic mass is 10.1. The number of aliphatic hydroxyl groups is 1. The molecule has 1 aromatic carbocycles. The Morgan fingerprint density at radius 1 is 1.19 bits per heavy atom. The number of hydrogen-bond acceptors (Lipinski definition) is 4. The van der Waals surface area contributed by atoms with Gasteiger partial charge < -0.3 is 14.3 Å². The predicted octanol–water partition coefficient (Wildman–Crippen LogP) is 2.84. The van der Waals surface area contributed by atoms with Gasteiger partial charge in [0, 0.05) is 6.04 Å². The second kappa shape index (κ2) is 7.29. The van der Waals surface area contributed by atoms with Crippen molar-refractivity contribution in [2.45, 2.75) is 32.5 Å². The highest BCUT2D eigenvalue weighted by Crippen LogP contribution is 2.21. The molecular weight excluding hydrogens is 266 g/mol. The molecule has 4 nitrogen and oxygen atoms in total. The van der Waals surface area contributed by atoms with E-state index < -0.39 is 0 Å². The molecule has 0 saturated heterocycles. The smallest absolute Gasteiger partial charge is 0.129 e. The SMILES string of the molecule is COc1ccccc1CC(C)N(C)Cc1ccc(CO)o1. The molecular formula is C17H23NO3. The van der Waals surface area contributed by atoms with Gasteiger partial charge in [0.25, 0.3) is 0 Å². The molecule has 1 atom stereocenters. The average Bonchev–Trinajstić information content (AvgIpc) is 2.95. The number of rotatable bonds is 7. The fourth-order valence-electron chi connectivity index (χ4n) is 2.34. The minimum atomic E-state index is -0.0551. The van der Waals surface area contributed by atoms with E-state index in [-0.39, 0.29) is 6.61 Å². The molecule has 1 aromatic heterocycles. The highest BCUT2D eigenvalue weighted by Gasteiger charge is 2.14. The Kier molecular flexibility index (Phi) is 5.42. The molecule has 0 aliphatic carbocycles. The standard InChI is InChI=1S/C17H23NO3/c1-13(10-14-6-4-5-7-17(14)20-3)18(2)11-15-8-9-16(12-19)21-15/h4-9,13,19H,10-12H2,1-3H3. The first kappa shape index (κ1) is 15.6. The molecule has 1 unspecified atom stereocenters. The Balaban J connectivity index is 1.97. The van der Waals surface area contributed by atoms with E-state index in [0.29, 0.717) is 11.8 Å². The van der Waals surface area contributed by atoms with Gasteiger partial charge in [0.2, 0.25) is 0 Å². The van der Waals surface area contributed by atoms with Gasteiger partial charge in [0.15, 0.2) is 0 Å². The quantitative estimate of drug-likeness (QED) is 0.851. The third-order valence-electron chi connectivity index (χ3n) is 3.74. The molecule has 114 valence electrons. The van der Waals surface area contributed by atoms with Gasteiger partial charge in [-0.15, -0.1) is 0 Å². The van der Waals surface area contributed by atoms with Crippen molar-refractivity contribution in [3.63, 3.8) is 0 Å². The van der Waals surface area contributed by atoms with E-state index in [4.69, 9.17) is 14.3 Å². The summed E-state index contributed by atoms with van der Waals surface area (Å²) < 4.78 is 10.9. The van der Waals surface area contributed by atoms with E-state index in [1.165, 1.54) is 5.56 Å². The van der Waals surface area contributed by atoms with E-state index in [1.807, 2.05) is 30.3 Å². The third kappa shape index (κ3) is 4.09. The van der Waals surface area contributed by atoms with Crippen LogP contribution in [-0.4, -0.2) is 30.2 Å². The maximum Gasteiger partial charge on any atom is 0.129 e. The van der Waals surface area contributed by atoms with Crippen LogP contribution >= 0.6 is 0 Å². The normalized spacial score (nSPS) is 12.6. The lowest BCUT2D eigenvalue weighted by molar-refractivity contribution is 0.210. The molecule has 0 radical (unpaired) electrons. The van der Waals surface area contributed by atoms with Crippen LogP contribution in [0.15, 0.2) is 40.8 Å². The molecule has 0 spiro atoms. The molecule has 4 heteroatoms. The lowest BCUT2D eigenvalue weighted by Crippen LogP contribution is -2.30. The summed E-state index contributed by atoms with van der Waals surface area (Å²) in [4.78, 5) is 2.23. The largest absolute Gasteiger partial charge is 0.496 e. The summed E-state index contributed by atoms with van der Waals surface area (Å²) in [6, 6.07) is 12.2. The van der Waals surface area contributed by atoms with Crippen LogP contribution in [-0.2, 0) is 19.6 Å². The second-order valence-electron chi connectivity index (χ2n) is 5.31. The van der Waals surface area contributed by atoms with Crippen LogP contribution in [0.1, 0.15) is 24.0 Å². The Bertz CT molecular complexity index is 565. The fraction of sp³-hybridized carbons (Fsp3) is 0.412. The third-order valence-corrected chi connectivity index (χ3v) is 3.74. The van der Waals surface area contributed by atoms with Gasteiger partial charge >= 0.3 is 0 Å². The number of aliphatic hydroxyl groups excluding tert-OH is 1. The van der Waals surface area contributed by atoms with Gasteiger partial charge in [-0.05, 0) is 44.2 Å². The Hall–Kier alpha value is -1.78. The van der Waals surface area contributed by atoms with Gasteiger partial charge in [0.1, 0.15) is 23.9 Å². The Morgan fingerprint density at radius 2 is 1.90 bits per heavy atom. The summed E-state index contributed by atoms with van der Waals surface area (Å²) in [6.45, 7) is 2.85. The van der Waals surface area contributed by atoms with Crippen molar-refractivity contribution in [1.82, 2.24) is 4.90 Å². The number of ether oxygens (including phenoxy) is 1. The molecule has 0 fully saturated rings. The van der Waals surface area contributed by atoms with Gasteiger partial charge in [-0.25, -0.2) is 0 Å². The fourth-order valence-corrected chi connectivity index (χ4v) is 2.34. The van der Waals surface area contributed by atoms with E-state index in [9.17, 15) is 0 Å². The van der Waals surface area contributed by atoms with Crippen LogP contribution < -0.4 is 4.74 Å². The van der Waals surface area contributed by atoms with Crippen LogP contribution in [0.4, 0.5) is 0 Å². The highest BCUT2D eigenvalue weighted by molar-refractivity contribution is 5.33. The zero-order valence-electron chi connectivity index (χ0n) is 12.9. The second-order valence-corrected chi connectivity index (χ2v) is 5.31. The number of likely N-dealkylation sites (N-methyl/N-ethyl adjacent to an activating group) is 1. The summed E-state index contributed by atoms with van der Waals surface area (Å²) in [6.07, 6.45) is 0.911. The minimum Gasteiger partial charge on any atom is -0.496 e. The summed E-state index contributed by atoms with van der Waals surface area (Å²) >= 11 is 0. The molecule has 0 aliphatic heterocycles. The van der Waals surface area contributed by atoms with Gasteiger partial charge in [-0.1, -0.05) is 18.2 Å². The maximum atomic E-state index is 9.03. The molecule has 0 aliphatic rings. The molecule has 21 heavy (non-hydrogen) atoms. The molecule has 2 rings (SSSR count). The number of para-hydroxylation sites is 1. The van der Waals surface area contributed by atoms with E-state index >= 15 is 0 Å². The highest BCUT2D eigenvalue weighted by atomic mass is 16.5. The number of furan rings is 1. The predicted molar refractivity (Wildman–Crippen MR) is 82.3 cm³/mol. The van der Waals surface area contributed by atoms with Crippen LogP contribution in [0.2, 0.25) is 0 Å². The summed E-state index contributed by atoms with van der Waals surface area (Å²) in [5, 5.41) is 9.03. The van der Waals surface area contributed by atoms with Crippen LogP contribution in [0.5, 0.6) is 5.75 Å². The molecule has 0 amide bonds. The van der Waals surface area contributed by atoms with Crippen molar-refractivity contribution in [3.05, 3.63) is 53.5 Å². The Morgan fingerprint density at radius 3 is 2.57 bits per heavy atom. The first-order valence-corrected chi connectivity index (χ1v) is 7.14. The summed E-state index contributed by atoms with van der Waals surface area (Å²) in [5.41, 5.74) is 1.20. The van der Waals surface area contributed by atoms with Crippen molar-refractivity contribution in [2.24, 2.45) is 0 Å². The van der Waals surface area contributed by atoms with E-state index in [2.05, 4.69) is 24.9 Å². The summed E-state index contributed by atoms with van der Waals surface area (Å²) in [5.74, 6) is 2.41. The van der Waals surface area contributed by atoms with Gasteiger partial charge in [0.05, 0.1) is 13.7 Å². The van der Waals surface area contributed by atoms with E-state index in [0.717, 1.165) is 24.5 Å². The van der Waals surface area contributed by atoms with Crippen LogP contribution in [0, 0.1) is 0 Å². The molecule has 0 saturated carbocycles. The van der Waals surface area contributed by atoms with Crippen molar-refractivity contribution < 1.29 is 14.3 Å². The number of hydrogen-bond donors (Lipinski definition) is 1. The maximum absolute atomic E-state index is 9.03. The van der Waals surface area contributed by atoms with Crippen LogP contribution in [0.3, 0.4) is 0 Å². The first-order chi connectivity index (χ1) is 10.1. The Labute approximate surface area is 126 Å². The van der Waals surface area contributed by atoms with Crippen molar-refractivity contribution in [1.29, 1.82) is 0 Å². The van der Waals surface area contributed by atoms with Gasteiger partial charge in [-0.3, -0.25) is 4.90 Å². The lowest BCUT2D eigenvalue weighted by Gasteiger charge is -2.24. The number of nitrogens with zero attached hydrogens (tertiary/aromatic N) is 1.